The lowest BCUT2D eigenvalue weighted by atomic mass is 10.7. The van der Waals surface area contributed by atoms with E-state index >= 15 is 0 Å². The number of rotatable bonds is 7. The SMILES string of the molecule is COCCOCCS(=O)(=O)C(C)Cl. The predicted molar refractivity (Wildman–Crippen MR) is 51.8 cm³/mol. The average Bonchev–Trinajstić information content (AvgIpc) is 2.03. The van der Waals surface area contributed by atoms with Crippen LogP contribution in [0, 0.1) is 0 Å². The van der Waals surface area contributed by atoms with Gasteiger partial charge in [0.15, 0.2) is 9.84 Å². The van der Waals surface area contributed by atoms with Crippen molar-refractivity contribution >= 4 is 21.4 Å². The highest BCUT2D eigenvalue weighted by molar-refractivity contribution is 7.93. The maximum Gasteiger partial charge on any atom is 0.169 e. The maximum absolute atomic E-state index is 11.1. The summed E-state index contributed by atoms with van der Waals surface area (Å²) in [5.74, 6) is -0.0403. The van der Waals surface area contributed by atoms with Gasteiger partial charge in [0.05, 0.1) is 25.6 Å². The first kappa shape index (κ1) is 13.2. The van der Waals surface area contributed by atoms with Gasteiger partial charge in [0, 0.05) is 7.11 Å². The minimum Gasteiger partial charge on any atom is -0.382 e. The van der Waals surface area contributed by atoms with E-state index in [4.69, 9.17) is 21.1 Å². The molecule has 4 nitrogen and oxygen atoms in total. The van der Waals surface area contributed by atoms with E-state index in [1.54, 1.807) is 7.11 Å². The Hall–Kier alpha value is 0.160. The minimum atomic E-state index is -3.19. The molecule has 1 atom stereocenters. The summed E-state index contributed by atoms with van der Waals surface area (Å²) in [5, 5.41) is 0. The van der Waals surface area contributed by atoms with Crippen molar-refractivity contribution in [2.24, 2.45) is 0 Å². The molecule has 0 aromatic carbocycles. The lowest BCUT2D eigenvalue weighted by molar-refractivity contribution is 0.0785. The smallest absolute Gasteiger partial charge is 0.169 e. The van der Waals surface area contributed by atoms with Gasteiger partial charge in [-0.05, 0) is 6.92 Å². The molecule has 6 heteroatoms. The molecule has 80 valence electrons. The Labute approximate surface area is 84.1 Å². The summed E-state index contributed by atoms with van der Waals surface area (Å²) in [4.78, 5) is 0. The van der Waals surface area contributed by atoms with Crippen molar-refractivity contribution in [3.8, 4) is 0 Å². The van der Waals surface area contributed by atoms with Crippen molar-refractivity contribution in [3.05, 3.63) is 0 Å². The number of alkyl halides is 1. The Kier molecular flexibility index (Phi) is 6.67. The molecule has 0 aliphatic rings. The normalized spacial score (nSPS) is 14.4. The zero-order valence-corrected chi connectivity index (χ0v) is 9.40. The van der Waals surface area contributed by atoms with Crippen molar-refractivity contribution in [1.82, 2.24) is 0 Å². The molecule has 0 saturated carbocycles. The van der Waals surface area contributed by atoms with Crippen LogP contribution in [-0.2, 0) is 19.3 Å². The van der Waals surface area contributed by atoms with Crippen LogP contribution in [0.2, 0.25) is 0 Å². The van der Waals surface area contributed by atoms with Gasteiger partial charge in [-0.2, -0.15) is 0 Å². The lowest BCUT2D eigenvalue weighted by Gasteiger charge is -2.06. The van der Waals surface area contributed by atoms with Crippen molar-refractivity contribution in [2.45, 2.75) is 11.6 Å². The first-order valence-corrected chi connectivity index (χ1v) is 6.08. The number of ether oxygens (including phenoxy) is 2. The minimum absolute atomic E-state index is 0.0403. The van der Waals surface area contributed by atoms with E-state index in [2.05, 4.69) is 0 Å². The highest BCUT2D eigenvalue weighted by atomic mass is 35.5. The summed E-state index contributed by atoms with van der Waals surface area (Å²) < 4.78 is 31.1. The van der Waals surface area contributed by atoms with Gasteiger partial charge in [-0.15, -0.1) is 11.6 Å². The molecule has 0 aromatic heterocycles. The topological polar surface area (TPSA) is 52.6 Å². The van der Waals surface area contributed by atoms with Crippen LogP contribution in [0.1, 0.15) is 6.92 Å². The van der Waals surface area contributed by atoms with E-state index < -0.39 is 14.5 Å². The number of halogens is 1. The van der Waals surface area contributed by atoms with Gasteiger partial charge in [0.1, 0.15) is 4.71 Å². The summed E-state index contributed by atoms with van der Waals surface area (Å²) in [6.07, 6.45) is 0. The Bertz CT molecular complexity index is 213. The molecule has 0 amide bonds. The molecule has 0 bridgehead atoms. The monoisotopic (exact) mass is 230 g/mol. The van der Waals surface area contributed by atoms with Crippen LogP contribution < -0.4 is 0 Å². The number of hydrogen-bond acceptors (Lipinski definition) is 4. The van der Waals surface area contributed by atoms with Gasteiger partial charge in [-0.3, -0.25) is 0 Å². The fourth-order valence-corrected chi connectivity index (χ4v) is 1.52. The molecule has 0 aliphatic heterocycles. The van der Waals surface area contributed by atoms with Crippen LogP contribution in [0.15, 0.2) is 0 Å². The Morgan fingerprint density at radius 1 is 1.31 bits per heavy atom. The van der Waals surface area contributed by atoms with E-state index in [9.17, 15) is 8.42 Å². The number of hydrogen-bond donors (Lipinski definition) is 0. The molecule has 1 unspecified atom stereocenters. The number of sulfone groups is 1. The second-order valence-electron chi connectivity index (χ2n) is 2.52. The fourth-order valence-electron chi connectivity index (χ4n) is 0.582. The fraction of sp³-hybridized carbons (Fsp3) is 1.00. The second-order valence-corrected chi connectivity index (χ2v) is 5.87. The van der Waals surface area contributed by atoms with Gasteiger partial charge in [0.25, 0.3) is 0 Å². The molecule has 0 fully saturated rings. The van der Waals surface area contributed by atoms with Crippen LogP contribution in [0.3, 0.4) is 0 Å². The van der Waals surface area contributed by atoms with E-state index in [-0.39, 0.29) is 12.4 Å². The van der Waals surface area contributed by atoms with Gasteiger partial charge >= 0.3 is 0 Å². The molecule has 0 radical (unpaired) electrons. The third-order valence-electron chi connectivity index (χ3n) is 1.44. The molecule has 0 spiro atoms. The quantitative estimate of drug-likeness (QED) is 0.476. The van der Waals surface area contributed by atoms with Crippen molar-refractivity contribution in [1.29, 1.82) is 0 Å². The summed E-state index contributed by atoms with van der Waals surface area (Å²) >= 11 is 5.44. The zero-order valence-electron chi connectivity index (χ0n) is 7.82. The van der Waals surface area contributed by atoms with Crippen LogP contribution >= 0.6 is 11.6 Å². The summed E-state index contributed by atoms with van der Waals surface area (Å²) in [6, 6.07) is 0. The average molecular weight is 231 g/mol. The first-order valence-electron chi connectivity index (χ1n) is 3.93. The van der Waals surface area contributed by atoms with E-state index in [0.29, 0.717) is 13.2 Å². The van der Waals surface area contributed by atoms with Crippen LogP contribution in [0.5, 0.6) is 0 Å². The predicted octanol–water partition coefficient (Wildman–Crippen LogP) is 0.649. The van der Waals surface area contributed by atoms with Crippen molar-refractivity contribution in [2.75, 3.05) is 32.7 Å². The van der Waals surface area contributed by atoms with Gasteiger partial charge in [0.2, 0.25) is 0 Å². The van der Waals surface area contributed by atoms with Crippen molar-refractivity contribution < 1.29 is 17.9 Å². The summed E-state index contributed by atoms with van der Waals surface area (Å²) in [6.45, 7) is 2.48. The molecule has 0 saturated heterocycles. The van der Waals surface area contributed by atoms with Crippen LogP contribution in [0.4, 0.5) is 0 Å². The first-order chi connectivity index (χ1) is 6.00. The van der Waals surface area contributed by atoms with Gasteiger partial charge < -0.3 is 9.47 Å². The van der Waals surface area contributed by atoms with Gasteiger partial charge in [-0.25, -0.2) is 8.42 Å². The molecule has 0 aromatic rings. The molecular formula is C7H15ClO4S. The van der Waals surface area contributed by atoms with E-state index in [0.717, 1.165) is 0 Å². The second kappa shape index (κ2) is 6.59. The molecule has 13 heavy (non-hydrogen) atoms. The van der Waals surface area contributed by atoms with Crippen LogP contribution in [0.25, 0.3) is 0 Å². The van der Waals surface area contributed by atoms with Crippen molar-refractivity contribution in [3.63, 3.8) is 0 Å². The molecule has 0 N–H and O–H groups in total. The lowest BCUT2D eigenvalue weighted by Crippen LogP contribution is -2.20. The van der Waals surface area contributed by atoms with E-state index in [1.165, 1.54) is 6.92 Å². The highest BCUT2D eigenvalue weighted by Crippen LogP contribution is 2.05. The Morgan fingerprint density at radius 3 is 2.38 bits per heavy atom. The molecule has 0 heterocycles. The molecular weight excluding hydrogens is 216 g/mol. The zero-order chi connectivity index (χ0) is 10.3. The Balaban J connectivity index is 3.53. The summed E-state index contributed by atoms with van der Waals surface area (Å²) in [5.41, 5.74) is 0. The maximum atomic E-state index is 11.1. The third kappa shape index (κ3) is 6.26. The highest BCUT2D eigenvalue weighted by Gasteiger charge is 2.17. The standard InChI is InChI=1S/C7H15ClO4S/c1-7(8)13(9,10)6-5-12-4-3-11-2/h7H,3-6H2,1-2H3. The largest absolute Gasteiger partial charge is 0.382 e. The van der Waals surface area contributed by atoms with Gasteiger partial charge in [-0.1, -0.05) is 0 Å². The van der Waals surface area contributed by atoms with Crippen LogP contribution in [-0.4, -0.2) is 45.8 Å². The summed E-state index contributed by atoms with van der Waals surface area (Å²) in [7, 11) is -1.63. The Morgan fingerprint density at radius 2 is 1.92 bits per heavy atom. The van der Waals surface area contributed by atoms with E-state index in [1.807, 2.05) is 0 Å². The molecule has 0 rings (SSSR count). The number of methoxy groups -OCH3 is 1. The molecule has 0 aliphatic carbocycles. The third-order valence-corrected chi connectivity index (χ3v) is 3.98.